The lowest BCUT2D eigenvalue weighted by Gasteiger charge is -2.21. The number of carboxylic acid groups (broad SMARTS) is 1. The highest BCUT2D eigenvalue weighted by Gasteiger charge is 2.34. The monoisotopic (exact) mass is 289 g/mol. The van der Waals surface area contributed by atoms with Crippen molar-refractivity contribution < 1.29 is 19.4 Å². The molecule has 1 saturated carbocycles. The van der Waals surface area contributed by atoms with Crippen molar-refractivity contribution in [1.29, 1.82) is 0 Å². The van der Waals surface area contributed by atoms with E-state index >= 15 is 0 Å². The largest absolute Gasteiger partial charge is 0.480 e. The van der Waals surface area contributed by atoms with Crippen LogP contribution in [0.4, 0.5) is 4.79 Å². The summed E-state index contributed by atoms with van der Waals surface area (Å²) < 4.78 is 5.06. The van der Waals surface area contributed by atoms with Crippen LogP contribution in [0.5, 0.6) is 0 Å². The highest BCUT2D eigenvalue weighted by Crippen LogP contribution is 2.32. The number of aliphatic carboxylic acids is 1. The van der Waals surface area contributed by atoms with Gasteiger partial charge in [-0.3, -0.25) is 0 Å². The van der Waals surface area contributed by atoms with Gasteiger partial charge in [-0.2, -0.15) is 0 Å². The number of hydrogen-bond acceptors (Lipinski definition) is 3. The first-order valence-corrected chi connectivity index (χ1v) is 6.95. The van der Waals surface area contributed by atoms with Crippen LogP contribution in [-0.4, -0.2) is 23.2 Å². The summed E-state index contributed by atoms with van der Waals surface area (Å²) in [6.45, 7) is 4.00. The third-order valence-electron chi connectivity index (χ3n) is 3.69. The van der Waals surface area contributed by atoms with Crippen LogP contribution in [0, 0.1) is 5.92 Å². The van der Waals surface area contributed by atoms with Gasteiger partial charge in [0.15, 0.2) is 0 Å². The van der Waals surface area contributed by atoms with Crippen LogP contribution in [0.25, 0.3) is 0 Å². The van der Waals surface area contributed by atoms with Crippen LogP contribution in [0.2, 0.25) is 0 Å². The van der Waals surface area contributed by atoms with Crippen molar-refractivity contribution in [2.75, 3.05) is 0 Å². The lowest BCUT2D eigenvalue weighted by Crippen LogP contribution is -2.45. The average molecular weight is 289 g/mol. The molecule has 0 saturated heterocycles. The molecule has 2 atom stereocenters. The molecule has 2 N–H and O–H groups in total. The maximum atomic E-state index is 11.8. The Bertz CT molecular complexity index is 526. The van der Waals surface area contributed by atoms with Crippen molar-refractivity contribution >= 4 is 12.1 Å². The SMILES string of the molecule is C=C1CCC[C@H]1[C@H](NC(=O)OCc1ccccc1)C(=O)O. The quantitative estimate of drug-likeness (QED) is 0.817. The minimum absolute atomic E-state index is 0.116. The minimum Gasteiger partial charge on any atom is -0.480 e. The van der Waals surface area contributed by atoms with Gasteiger partial charge in [-0.25, -0.2) is 9.59 Å². The summed E-state index contributed by atoms with van der Waals surface area (Å²) in [5.74, 6) is -1.27. The normalized spacial score (nSPS) is 19.0. The predicted octanol–water partition coefficient (Wildman–Crippen LogP) is 2.72. The molecule has 1 aromatic rings. The molecule has 5 heteroatoms. The lowest BCUT2D eigenvalue weighted by atomic mass is 9.95. The smallest absolute Gasteiger partial charge is 0.408 e. The van der Waals surface area contributed by atoms with Gasteiger partial charge in [-0.15, -0.1) is 0 Å². The second kappa shape index (κ2) is 6.92. The lowest BCUT2D eigenvalue weighted by molar-refractivity contribution is -0.140. The zero-order valence-electron chi connectivity index (χ0n) is 11.7. The molecule has 0 spiro atoms. The van der Waals surface area contributed by atoms with Gasteiger partial charge in [0.1, 0.15) is 12.6 Å². The molecule has 5 nitrogen and oxygen atoms in total. The Labute approximate surface area is 123 Å². The van der Waals surface area contributed by atoms with Crippen LogP contribution in [0.15, 0.2) is 42.5 Å². The third-order valence-corrected chi connectivity index (χ3v) is 3.69. The van der Waals surface area contributed by atoms with E-state index in [2.05, 4.69) is 11.9 Å². The zero-order chi connectivity index (χ0) is 15.2. The van der Waals surface area contributed by atoms with Crippen molar-refractivity contribution in [3.8, 4) is 0 Å². The molecule has 0 radical (unpaired) electrons. The highest BCUT2D eigenvalue weighted by atomic mass is 16.5. The van der Waals surface area contributed by atoms with E-state index in [-0.39, 0.29) is 12.5 Å². The average Bonchev–Trinajstić information content (AvgIpc) is 2.89. The standard InChI is InChI=1S/C16H19NO4/c1-11-6-5-9-13(11)14(15(18)19)17-16(20)21-10-12-7-3-2-4-8-12/h2-4,7-8,13-14H,1,5-6,9-10H2,(H,17,20)(H,18,19)/t13-,14+/m1/s1. The van der Waals surface area contributed by atoms with Crippen LogP contribution in [-0.2, 0) is 16.1 Å². The first-order valence-electron chi connectivity index (χ1n) is 6.95. The molecule has 0 unspecified atom stereocenters. The van der Waals surface area contributed by atoms with Crippen molar-refractivity contribution in [1.82, 2.24) is 5.32 Å². The molecule has 1 fully saturated rings. The minimum atomic E-state index is -1.06. The molecule has 0 aliphatic heterocycles. The van der Waals surface area contributed by atoms with E-state index in [0.29, 0.717) is 0 Å². The number of alkyl carbamates (subject to hydrolysis) is 1. The maximum absolute atomic E-state index is 11.8. The Kier molecular flexibility index (Phi) is 4.98. The van der Waals surface area contributed by atoms with Gasteiger partial charge in [0.25, 0.3) is 0 Å². The van der Waals surface area contributed by atoms with Crippen molar-refractivity contribution in [2.24, 2.45) is 5.92 Å². The Morgan fingerprint density at radius 2 is 2.10 bits per heavy atom. The predicted molar refractivity (Wildman–Crippen MR) is 77.7 cm³/mol. The summed E-state index contributed by atoms with van der Waals surface area (Å²) in [5, 5.41) is 11.7. The van der Waals surface area contributed by atoms with Crippen molar-refractivity contribution in [3.05, 3.63) is 48.0 Å². The molecule has 112 valence electrons. The van der Waals surface area contributed by atoms with Crippen LogP contribution in [0.3, 0.4) is 0 Å². The number of hydrogen-bond donors (Lipinski definition) is 2. The molecule has 1 amide bonds. The molecule has 1 aliphatic rings. The molecule has 1 aliphatic carbocycles. The summed E-state index contributed by atoms with van der Waals surface area (Å²) in [6, 6.07) is 8.26. The Balaban J connectivity index is 1.89. The van der Waals surface area contributed by atoms with E-state index in [1.165, 1.54) is 0 Å². The molecule has 0 heterocycles. The van der Waals surface area contributed by atoms with Crippen LogP contribution >= 0.6 is 0 Å². The van der Waals surface area contributed by atoms with Crippen molar-refractivity contribution in [3.63, 3.8) is 0 Å². The van der Waals surface area contributed by atoms with Gasteiger partial charge < -0.3 is 15.2 Å². The van der Waals surface area contributed by atoms with Crippen LogP contribution < -0.4 is 5.32 Å². The molecular weight excluding hydrogens is 270 g/mol. The summed E-state index contributed by atoms with van der Waals surface area (Å²) >= 11 is 0. The van der Waals surface area contributed by atoms with Crippen molar-refractivity contribution in [2.45, 2.75) is 31.9 Å². The van der Waals surface area contributed by atoms with Gasteiger partial charge in [0.05, 0.1) is 0 Å². The Morgan fingerprint density at radius 1 is 1.38 bits per heavy atom. The number of carboxylic acids is 1. The number of nitrogens with one attached hydrogen (secondary N) is 1. The summed E-state index contributed by atoms with van der Waals surface area (Å²) in [6.07, 6.45) is 1.74. The third kappa shape index (κ3) is 4.08. The number of ether oxygens (including phenoxy) is 1. The second-order valence-corrected chi connectivity index (χ2v) is 5.18. The van der Waals surface area contributed by atoms with E-state index in [9.17, 15) is 14.7 Å². The van der Waals surface area contributed by atoms with E-state index in [0.717, 1.165) is 30.4 Å². The van der Waals surface area contributed by atoms with E-state index < -0.39 is 18.1 Å². The Morgan fingerprint density at radius 3 is 2.67 bits per heavy atom. The fourth-order valence-electron chi connectivity index (χ4n) is 2.57. The zero-order valence-corrected chi connectivity index (χ0v) is 11.7. The van der Waals surface area contributed by atoms with Crippen LogP contribution in [0.1, 0.15) is 24.8 Å². The molecule has 1 aromatic carbocycles. The number of carbonyl (C=O) groups excluding carboxylic acids is 1. The first kappa shape index (κ1) is 15.1. The first-order chi connectivity index (χ1) is 10.1. The fourth-order valence-corrected chi connectivity index (χ4v) is 2.57. The van der Waals surface area contributed by atoms with Gasteiger partial charge in [0, 0.05) is 5.92 Å². The van der Waals surface area contributed by atoms with E-state index in [1.54, 1.807) is 0 Å². The summed E-state index contributed by atoms with van der Waals surface area (Å²) in [7, 11) is 0. The number of carbonyl (C=O) groups is 2. The molecule has 21 heavy (non-hydrogen) atoms. The molecular formula is C16H19NO4. The highest BCUT2D eigenvalue weighted by molar-refractivity contribution is 5.80. The summed E-state index contributed by atoms with van der Waals surface area (Å²) in [4.78, 5) is 23.1. The number of amides is 1. The molecule has 2 rings (SSSR count). The fraction of sp³-hybridized carbons (Fsp3) is 0.375. The van der Waals surface area contributed by atoms with Gasteiger partial charge in [0.2, 0.25) is 0 Å². The number of rotatable bonds is 5. The molecule has 0 aromatic heterocycles. The van der Waals surface area contributed by atoms with E-state index in [1.807, 2.05) is 30.3 Å². The maximum Gasteiger partial charge on any atom is 0.408 e. The molecule has 0 bridgehead atoms. The van der Waals surface area contributed by atoms with Gasteiger partial charge in [-0.05, 0) is 24.8 Å². The topological polar surface area (TPSA) is 75.6 Å². The number of benzene rings is 1. The second-order valence-electron chi connectivity index (χ2n) is 5.18. The van der Waals surface area contributed by atoms with E-state index in [4.69, 9.17) is 4.74 Å². The van der Waals surface area contributed by atoms with Gasteiger partial charge in [-0.1, -0.05) is 42.5 Å². The Hall–Kier alpha value is -2.30. The summed E-state index contributed by atoms with van der Waals surface area (Å²) in [5.41, 5.74) is 1.73. The van der Waals surface area contributed by atoms with Gasteiger partial charge >= 0.3 is 12.1 Å².